The molecular formula is C17H18N2O2S. The highest BCUT2D eigenvalue weighted by Gasteiger charge is 2.28. The van der Waals surface area contributed by atoms with E-state index in [0.717, 1.165) is 16.1 Å². The topological polar surface area (TPSA) is 40.6 Å². The Labute approximate surface area is 134 Å². The maximum atomic E-state index is 12.4. The lowest BCUT2D eigenvalue weighted by Gasteiger charge is -2.34. The van der Waals surface area contributed by atoms with Crippen LogP contribution in [0.5, 0.6) is 0 Å². The average Bonchev–Trinajstić information content (AvgIpc) is 2.94. The molecule has 0 saturated carbocycles. The van der Waals surface area contributed by atoms with Crippen molar-refractivity contribution >= 4 is 28.8 Å². The standard InChI is InChI=1S/C17H18N2O2S/c1-12-3-5-15(6-4-12)19-8-7-18(10-16(19)20)17(21)14-9-13(2)22-11-14/h3-6,9,11H,7-8,10H2,1-2H3. The molecule has 0 radical (unpaired) electrons. The van der Waals surface area contributed by atoms with Crippen molar-refractivity contribution in [3.8, 4) is 0 Å². The predicted octanol–water partition coefficient (Wildman–Crippen LogP) is 2.85. The maximum absolute atomic E-state index is 12.4. The number of hydrogen-bond donors (Lipinski definition) is 0. The van der Waals surface area contributed by atoms with Gasteiger partial charge in [-0.3, -0.25) is 9.59 Å². The van der Waals surface area contributed by atoms with Crippen molar-refractivity contribution < 1.29 is 9.59 Å². The number of thiophene rings is 1. The van der Waals surface area contributed by atoms with Gasteiger partial charge in [-0.05, 0) is 32.0 Å². The van der Waals surface area contributed by atoms with E-state index in [1.165, 1.54) is 0 Å². The highest BCUT2D eigenvalue weighted by atomic mass is 32.1. The monoisotopic (exact) mass is 314 g/mol. The lowest BCUT2D eigenvalue weighted by Crippen LogP contribution is -2.52. The summed E-state index contributed by atoms with van der Waals surface area (Å²) in [5.74, 6) is -0.0864. The summed E-state index contributed by atoms with van der Waals surface area (Å²) in [6.45, 7) is 5.23. The first-order valence-corrected chi connectivity index (χ1v) is 8.14. The molecule has 3 rings (SSSR count). The first-order chi connectivity index (χ1) is 10.5. The van der Waals surface area contributed by atoms with Gasteiger partial charge in [0, 0.05) is 29.0 Å². The Hall–Kier alpha value is -2.14. The Morgan fingerprint density at radius 2 is 1.86 bits per heavy atom. The van der Waals surface area contributed by atoms with Crippen LogP contribution >= 0.6 is 11.3 Å². The largest absolute Gasteiger partial charge is 0.328 e. The number of carbonyl (C=O) groups is 2. The van der Waals surface area contributed by atoms with Gasteiger partial charge in [0.05, 0.1) is 5.56 Å². The van der Waals surface area contributed by atoms with Gasteiger partial charge in [-0.25, -0.2) is 0 Å². The molecule has 2 aromatic rings. The van der Waals surface area contributed by atoms with E-state index in [0.29, 0.717) is 18.7 Å². The second-order valence-corrected chi connectivity index (χ2v) is 6.67. The van der Waals surface area contributed by atoms with Gasteiger partial charge < -0.3 is 9.80 Å². The zero-order chi connectivity index (χ0) is 15.7. The van der Waals surface area contributed by atoms with Crippen LogP contribution in [0.2, 0.25) is 0 Å². The van der Waals surface area contributed by atoms with E-state index in [4.69, 9.17) is 0 Å². The summed E-state index contributed by atoms with van der Waals surface area (Å²) in [4.78, 5) is 29.3. The number of amides is 2. The molecule has 0 atom stereocenters. The van der Waals surface area contributed by atoms with Crippen LogP contribution in [0.1, 0.15) is 20.8 Å². The lowest BCUT2D eigenvalue weighted by molar-refractivity contribution is -0.120. The molecule has 0 aliphatic carbocycles. The third-order valence-corrected chi connectivity index (χ3v) is 4.69. The molecule has 1 aromatic heterocycles. The first-order valence-electron chi connectivity index (χ1n) is 7.26. The smallest absolute Gasteiger partial charge is 0.255 e. The van der Waals surface area contributed by atoms with Crippen molar-refractivity contribution in [3.05, 3.63) is 51.7 Å². The molecular weight excluding hydrogens is 296 g/mol. The van der Waals surface area contributed by atoms with Crippen LogP contribution in [0, 0.1) is 13.8 Å². The van der Waals surface area contributed by atoms with Gasteiger partial charge in [0.1, 0.15) is 6.54 Å². The van der Waals surface area contributed by atoms with E-state index >= 15 is 0 Å². The molecule has 0 bridgehead atoms. The molecule has 0 N–H and O–H groups in total. The van der Waals surface area contributed by atoms with Crippen LogP contribution in [0.15, 0.2) is 35.7 Å². The van der Waals surface area contributed by atoms with Gasteiger partial charge >= 0.3 is 0 Å². The highest BCUT2D eigenvalue weighted by Crippen LogP contribution is 2.20. The Morgan fingerprint density at radius 3 is 2.45 bits per heavy atom. The molecule has 4 nitrogen and oxygen atoms in total. The van der Waals surface area contributed by atoms with E-state index in [-0.39, 0.29) is 18.4 Å². The van der Waals surface area contributed by atoms with Crippen molar-refractivity contribution in [2.75, 3.05) is 24.5 Å². The van der Waals surface area contributed by atoms with Crippen LogP contribution in [-0.2, 0) is 4.79 Å². The summed E-state index contributed by atoms with van der Waals surface area (Å²) < 4.78 is 0. The van der Waals surface area contributed by atoms with Gasteiger partial charge in [-0.1, -0.05) is 17.7 Å². The number of benzene rings is 1. The molecule has 5 heteroatoms. The van der Waals surface area contributed by atoms with E-state index in [9.17, 15) is 9.59 Å². The van der Waals surface area contributed by atoms with Crippen molar-refractivity contribution in [1.29, 1.82) is 0 Å². The number of anilines is 1. The first kappa shape index (κ1) is 14.8. The van der Waals surface area contributed by atoms with E-state index in [1.54, 1.807) is 21.1 Å². The molecule has 1 aliphatic heterocycles. The summed E-state index contributed by atoms with van der Waals surface area (Å²) >= 11 is 1.55. The van der Waals surface area contributed by atoms with E-state index < -0.39 is 0 Å². The maximum Gasteiger partial charge on any atom is 0.255 e. The second kappa shape index (κ2) is 5.93. The van der Waals surface area contributed by atoms with Crippen LogP contribution in [0.4, 0.5) is 5.69 Å². The Morgan fingerprint density at radius 1 is 1.14 bits per heavy atom. The molecule has 1 aromatic carbocycles. The Balaban J connectivity index is 1.71. The van der Waals surface area contributed by atoms with Gasteiger partial charge in [-0.2, -0.15) is 0 Å². The summed E-state index contributed by atoms with van der Waals surface area (Å²) in [6, 6.07) is 9.77. The molecule has 114 valence electrons. The van der Waals surface area contributed by atoms with Crippen LogP contribution in [0.3, 0.4) is 0 Å². The summed E-state index contributed by atoms with van der Waals surface area (Å²) in [7, 11) is 0. The molecule has 0 unspecified atom stereocenters. The van der Waals surface area contributed by atoms with Gasteiger partial charge in [-0.15, -0.1) is 11.3 Å². The fourth-order valence-corrected chi connectivity index (χ4v) is 3.26. The number of rotatable bonds is 2. The average molecular weight is 314 g/mol. The lowest BCUT2D eigenvalue weighted by atomic mass is 10.2. The Kier molecular flexibility index (Phi) is 3.98. The zero-order valence-electron chi connectivity index (χ0n) is 12.7. The van der Waals surface area contributed by atoms with E-state index in [2.05, 4.69) is 0 Å². The Bertz CT molecular complexity index is 706. The summed E-state index contributed by atoms with van der Waals surface area (Å²) in [6.07, 6.45) is 0. The second-order valence-electron chi connectivity index (χ2n) is 5.55. The number of aryl methyl sites for hydroxylation is 2. The fraction of sp³-hybridized carbons (Fsp3) is 0.294. The fourth-order valence-electron chi connectivity index (χ4n) is 2.58. The number of nitrogens with zero attached hydrogens (tertiary/aromatic N) is 2. The molecule has 1 fully saturated rings. The predicted molar refractivity (Wildman–Crippen MR) is 88.5 cm³/mol. The number of carbonyl (C=O) groups excluding carboxylic acids is 2. The van der Waals surface area contributed by atoms with Gasteiger partial charge in [0.25, 0.3) is 5.91 Å². The SMILES string of the molecule is Cc1ccc(N2CCN(C(=O)c3csc(C)c3)CC2=O)cc1. The quantitative estimate of drug-likeness (QED) is 0.855. The number of piperazine rings is 1. The van der Waals surface area contributed by atoms with Crippen molar-refractivity contribution in [3.63, 3.8) is 0 Å². The van der Waals surface area contributed by atoms with Crippen molar-refractivity contribution in [2.45, 2.75) is 13.8 Å². The minimum atomic E-state index is -0.0544. The van der Waals surface area contributed by atoms with E-state index in [1.807, 2.05) is 49.6 Å². The molecule has 2 amide bonds. The third kappa shape index (κ3) is 2.90. The molecule has 22 heavy (non-hydrogen) atoms. The van der Waals surface area contributed by atoms with Crippen LogP contribution in [-0.4, -0.2) is 36.3 Å². The summed E-state index contributed by atoms with van der Waals surface area (Å²) in [5, 5.41) is 1.86. The number of hydrogen-bond acceptors (Lipinski definition) is 3. The minimum absolute atomic E-state index is 0.0320. The summed E-state index contributed by atoms with van der Waals surface area (Å²) in [5.41, 5.74) is 2.74. The molecule has 2 heterocycles. The molecule has 0 spiro atoms. The van der Waals surface area contributed by atoms with Crippen molar-refractivity contribution in [1.82, 2.24) is 4.90 Å². The van der Waals surface area contributed by atoms with Gasteiger partial charge in [0.15, 0.2) is 0 Å². The normalized spacial score (nSPS) is 15.3. The highest BCUT2D eigenvalue weighted by molar-refractivity contribution is 7.10. The van der Waals surface area contributed by atoms with Crippen LogP contribution in [0.25, 0.3) is 0 Å². The molecule has 1 aliphatic rings. The van der Waals surface area contributed by atoms with Crippen LogP contribution < -0.4 is 4.90 Å². The zero-order valence-corrected chi connectivity index (χ0v) is 13.5. The minimum Gasteiger partial charge on any atom is -0.328 e. The molecule has 1 saturated heterocycles. The van der Waals surface area contributed by atoms with Gasteiger partial charge in [0.2, 0.25) is 5.91 Å². The third-order valence-electron chi connectivity index (χ3n) is 3.83. The van der Waals surface area contributed by atoms with Crippen molar-refractivity contribution in [2.24, 2.45) is 0 Å².